The Balaban J connectivity index is 1.54. The summed E-state index contributed by atoms with van der Waals surface area (Å²) in [6.07, 6.45) is 8.69. The van der Waals surface area contributed by atoms with Gasteiger partial charge in [-0.15, -0.1) is 0 Å². The molecule has 0 bridgehead atoms. The number of nitrogens with one attached hydrogen (secondary N) is 1. The zero-order valence-corrected chi connectivity index (χ0v) is 16.6. The molecule has 0 unspecified atom stereocenters. The van der Waals surface area contributed by atoms with Crippen LogP contribution in [0.25, 0.3) is 11.5 Å². The monoisotopic (exact) mass is 390 g/mol. The Morgan fingerprint density at radius 2 is 1.93 bits per heavy atom. The molecule has 0 spiro atoms. The summed E-state index contributed by atoms with van der Waals surface area (Å²) in [4.78, 5) is 19.4. The van der Waals surface area contributed by atoms with Gasteiger partial charge in [0.1, 0.15) is 11.5 Å². The van der Waals surface area contributed by atoms with Gasteiger partial charge in [-0.25, -0.2) is 27.7 Å². The van der Waals surface area contributed by atoms with Crippen LogP contribution in [0, 0.1) is 6.92 Å². The molecule has 8 nitrogen and oxygen atoms in total. The van der Waals surface area contributed by atoms with E-state index in [1.165, 1.54) is 6.26 Å². The third kappa shape index (κ3) is 3.90. The van der Waals surface area contributed by atoms with Gasteiger partial charge in [-0.3, -0.25) is 4.90 Å². The molecule has 2 aliphatic rings. The van der Waals surface area contributed by atoms with Gasteiger partial charge in [-0.1, -0.05) is 0 Å². The Hall–Kier alpha value is -1.84. The van der Waals surface area contributed by atoms with Crippen molar-refractivity contribution in [3.8, 4) is 11.5 Å². The number of imidazole rings is 1. The summed E-state index contributed by atoms with van der Waals surface area (Å²) in [5, 5.41) is 0. The quantitative estimate of drug-likeness (QED) is 0.854. The molecule has 2 saturated heterocycles. The summed E-state index contributed by atoms with van der Waals surface area (Å²) in [6, 6.07) is 2.52. The molecule has 0 amide bonds. The second-order valence-corrected chi connectivity index (χ2v) is 9.46. The first-order valence-corrected chi connectivity index (χ1v) is 11.3. The van der Waals surface area contributed by atoms with E-state index in [9.17, 15) is 8.42 Å². The van der Waals surface area contributed by atoms with Crippen LogP contribution in [-0.4, -0.2) is 69.5 Å². The number of nitrogens with zero attached hydrogens (tertiary/aromatic N) is 5. The molecule has 9 heteroatoms. The molecule has 4 heterocycles. The fraction of sp³-hybridized carbons (Fsp3) is 0.611. The maximum atomic E-state index is 11.8. The van der Waals surface area contributed by atoms with Gasteiger partial charge in [0.25, 0.3) is 0 Å². The van der Waals surface area contributed by atoms with E-state index in [0.717, 1.165) is 55.3 Å². The van der Waals surface area contributed by atoms with E-state index < -0.39 is 10.0 Å². The first kappa shape index (κ1) is 18.5. The van der Waals surface area contributed by atoms with E-state index in [1.807, 2.05) is 13.0 Å². The Labute approximate surface area is 160 Å². The number of hydrogen-bond donors (Lipinski definition) is 1. The lowest BCUT2D eigenvalue weighted by atomic mass is 10.0. The van der Waals surface area contributed by atoms with Crippen molar-refractivity contribution in [2.24, 2.45) is 0 Å². The molecule has 0 radical (unpaired) electrons. The van der Waals surface area contributed by atoms with Crippen LogP contribution >= 0.6 is 0 Å². The predicted molar refractivity (Wildman–Crippen MR) is 102 cm³/mol. The van der Waals surface area contributed by atoms with Gasteiger partial charge >= 0.3 is 0 Å². The van der Waals surface area contributed by atoms with Crippen LogP contribution in [0.5, 0.6) is 0 Å². The number of sulfonamides is 1. The van der Waals surface area contributed by atoms with Crippen LogP contribution in [0.2, 0.25) is 0 Å². The lowest BCUT2D eigenvalue weighted by molar-refractivity contribution is 0.123. The summed E-state index contributed by atoms with van der Waals surface area (Å²) >= 11 is 0. The molecule has 146 valence electrons. The fourth-order valence-corrected chi connectivity index (χ4v) is 5.15. The normalized spacial score (nSPS) is 23.1. The van der Waals surface area contributed by atoms with Crippen LogP contribution in [0.15, 0.2) is 18.5 Å². The van der Waals surface area contributed by atoms with Gasteiger partial charge in [-0.05, 0) is 45.2 Å². The average molecular weight is 391 g/mol. The molecule has 0 aliphatic carbocycles. The molecule has 2 fully saturated rings. The van der Waals surface area contributed by atoms with Crippen LogP contribution in [0.4, 0.5) is 0 Å². The topological polar surface area (TPSA) is 95.1 Å². The van der Waals surface area contributed by atoms with Crippen molar-refractivity contribution in [1.82, 2.24) is 29.1 Å². The van der Waals surface area contributed by atoms with Gasteiger partial charge in [-0.2, -0.15) is 0 Å². The number of hydrogen-bond acceptors (Lipinski definition) is 6. The standard InChI is InChI=1S/C18H26N6O2S/c1-13-12-15(17-19-7-8-20-17)22-18(21-13)16-4-3-9-24(16)14-5-10-23(11-6-14)27(2,25)26/h7-8,12,14,16H,3-6,9-11H2,1-2H3,(H,19,20)/t16-/m1/s1. The van der Waals surface area contributed by atoms with Crippen molar-refractivity contribution in [3.05, 3.63) is 30.0 Å². The molecule has 1 atom stereocenters. The highest BCUT2D eigenvalue weighted by Gasteiger charge is 2.36. The molecule has 2 aromatic rings. The van der Waals surface area contributed by atoms with E-state index in [2.05, 4.69) is 14.9 Å². The minimum Gasteiger partial charge on any atom is -0.343 e. The van der Waals surface area contributed by atoms with Crippen LogP contribution in [-0.2, 0) is 10.0 Å². The highest BCUT2D eigenvalue weighted by Crippen LogP contribution is 2.35. The Morgan fingerprint density at radius 3 is 2.59 bits per heavy atom. The number of likely N-dealkylation sites (tertiary alicyclic amines) is 1. The van der Waals surface area contributed by atoms with E-state index >= 15 is 0 Å². The number of aromatic amines is 1. The van der Waals surface area contributed by atoms with Crippen molar-refractivity contribution in [2.45, 2.75) is 44.7 Å². The molecule has 4 rings (SSSR count). The summed E-state index contributed by atoms with van der Waals surface area (Å²) in [5.74, 6) is 1.61. The summed E-state index contributed by atoms with van der Waals surface area (Å²) in [5.41, 5.74) is 1.76. The summed E-state index contributed by atoms with van der Waals surface area (Å²) in [6.45, 7) is 4.20. The van der Waals surface area contributed by atoms with Crippen LogP contribution < -0.4 is 0 Å². The summed E-state index contributed by atoms with van der Waals surface area (Å²) < 4.78 is 25.1. The average Bonchev–Trinajstić information content (AvgIpc) is 3.32. The molecule has 1 N–H and O–H groups in total. The molecule has 27 heavy (non-hydrogen) atoms. The van der Waals surface area contributed by atoms with E-state index in [4.69, 9.17) is 9.97 Å². The Bertz CT molecular complexity index is 891. The lowest BCUT2D eigenvalue weighted by Crippen LogP contribution is -2.46. The Morgan fingerprint density at radius 1 is 1.15 bits per heavy atom. The maximum Gasteiger partial charge on any atom is 0.211 e. The molecule has 0 saturated carbocycles. The third-order valence-corrected chi connectivity index (χ3v) is 6.87. The van der Waals surface area contributed by atoms with E-state index in [1.54, 1.807) is 16.7 Å². The first-order valence-electron chi connectivity index (χ1n) is 9.48. The molecular formula is C18H26N6O2S. The van der Waals surface area contributed by atoms with Crippen molar-refractivity contribution in [1.29, 1.82) is 0 Å². The number of H-pyrrole nitrogens is 1. The second kappa shape index (κ2) is 7.29. The van der Waals surface area contributed by atoms with Crippen molar-refractivity contribution < 1.29 is 8.42 Å². The smallest absolute Gasteiger partial charge is 0.211 e. The maximum absolute atomic E-state index is 11.8. The van der Waals surface area contributed by atoms with Gasteiger partial charge in [0.15, 0.2) is 5.82 Å². The third-order valence-electron chi connectivity index (χ3n) is 5.57. The molecule has 2 aliphatic heterocycles. The zero-order chi connectivity index (χ0) is 19.0. The Kier molecular flexibility index (Phi) is 5.00. The fourth-order valence-electron chi connectivity index (χ4n) is 4.28. The minimum atomic E-state index is -3.10. The second-order valence-electron chi connectivity index (χ2n) is 7.48. The molecular weight excluding hydrogens is 364 g/mol. The first-order chi connectivity index (χ1) is 12.9. The zero-order valence-electron chi connectivity index (χ0n) is 15.8. The number of rotatable bonds is 4. The molecule has 0 aromatic carbocycles. The van der Waals surface area contributed by atoms with Gasteiger partial charge in [0.2, 0.25) is 10.0 Å². The van der Waals surface area contributed by atoms with Crippen LogP contribution in [0.3, 0.4) is 0 Å². The van der Waals surface area contributed by atoms with Crippen molar-refractivity contribution >= 4 is 10.0 Å². The molecule has 2 aromatic heterocycles. The highest BCUT2D eigenvalue weighted by molar-refractivity contribution is 7.88. The number of piperidine rings is 1. The van der Waals surface area contributed by atoms with E-state index in [-0.39, 0.29) is 6.04 Å². The van der Waals surface area contributed by atoms with Crippen LogP contribution in [0.1, 0.15) is 43.2 Å². The number of aromatic nitrogens is 4. The van der Waals surface area contributed by atoms with Gasteiger partial charge < -0.3 is 4.98 Å². The van der Waals surface area contributed by atoms with E-state index in [0.29, 0.717) is 19.1 Å². The predicted octanol–water partition coefficient (Wildman–Crippen LogP) is 1.74. The SMILES string of the molecule is Cc1cc(-c2ncc[nH]2)nc([C@H]2CCCN2C2CCN(S(C)(=O)=O)CC2)n1. The number of aryl methyl sites for hydroxylation is 1. The summed E-state index contributed by atoms with van der Waals surface area (Å²) in [7, 11) is -3.10. The van der Waals surface area contributed by atoms with Gasteiger partial charge in [0, 0.05) is 37.2 Å². The largest absolute Gasteiger partial charge is 0.343 e. The lowest BCUT2D eigenvalue weighted by Gasteiger charge is -2.38. The highest BCUT2D eigenvalue weighted by atomic mass is 32.2. The van der Waals surface area contributed by atoms with Crippen molar-refractivity contribution in [2.75, 3.05) is 25.9 Å². The minimum absolute atomic E-state index is 0.188. The van der Waals surface area contributed by atoms with Crippen molar-refractivity contribution in [3.63, 3.8) is 0 Å². The van der Waals surface area contributed by atoms with Gasteiger partial charge in [0.05, 0.1) is 12.3 Å².